The zero-order chi connectivity index (χ0) is 12.5. The molecule has 17 heavy (non-hydrogen) atoms. The highest BCUT2D eigenvalue weighted by Crippen LogP contribution is 2.07. The molecule has 92 valence electrons. The van der Waals surface area contributed by atoms with E-state index < -0.39 is 5.91 Å². The number of nitrogens with one attached hydrogen (secondary N) is 1. The maximum atomic E-state index is 13.2. The standard InChI is InChI=1S/C12H14FNO3/c1-16-8-9-17-14-12(15)7-6-10-4-2-3-5-11(10)13/h2-7H,8-9H2,1H3,(H,14,15)/b7-6+. The molecule has 0 aliphatic carbocycles. The Hall–Kier alpha value is -1.72. The number of hydrogen-bond acceptors (Lipinski definition) is 3. The molecule has 0 fully saturated rings. The first-order valence-electron chi connectivity index (χ1n) is 5.07. The molecule has 0 aliphatic rings. The average Bonchev–Trinajstić information content (AvgIpc) is 2.34. The SMILES string of the molecule is COCCONC(=O)/C=C/c1ccccc1F. The van der Waals surface area contributed by atoms with Gasteiger partial charge in [-0.25, -0.2) is 9.87 Å². The molecule has 0 saturated carbocycles. The minimum atomic E-state index is -0.454. The first kappa shape index (κ1) is 13.3. The predicted molar refractivity (Wildman–Crippen MR) is 61.4 cm³/mol. The number of carbonyl (C=O) groups excluding carboxylic acids is 1. The Morgan fingerprint density at radius 3 is 2.88 bits per heavy atom. The van der Waals surface area contributed by atoms with E-state index in [-0.39, 0.29) is 12.4 Å². The second-order valence-electron chi connectivity index (χ2n) is 3.16. The molecule has 1 amide bonds. The molecule has 0 saturated heterocycles. The molecule has 0 spiro atoms. The number of methoxy groups -OCH3 is 1. The molecule has 0 aromatic heterocycles. The van der Waals surface area contributed by atoms with Crippen LogP contribution in [-0.2, 0) is 14.4 Å². The third-order valence-electron chi connectivity index (χ3n) is 1.88. The topological polar surface area (TPSA) is 47.6 Å². The van der Waals surface area contributed by atoms with E-state index in [1.165, 1.54) is 25.3 Å². The van der Waals surface area contributed by atoms with Crippen molar-refractivity contribution in [2.24, 2.45) is 0 Å². The van der Waals surface area contributed by atoms with Gasteiger partial charge in [-0.2, -0.15) is 0 Å². The highest BCUT2D eigenvalue weighted by atomic mass is 19.1. The van der Waals surface area contributed by atoms with Gasteiger partial charge in [0.25, 0.3) is 5.91 Å². The minimum Gasteiger partial charge on any atom is -0.382 e. The number of benzene rings is 1. The van der Waals surface area contributed by atoms with Crippen LogP contribution in [0.15, 0.2) is 30.3 Å². The zero-order valence-electron chi connectivity index (χ0n) is 9.48. The van der Waals surface area contributed by atoms with Crippen molar-refractivity contribution < 1.29 is 18.8 Å². The highest BCUT2D eigenvalue weighted by molar-refractivity contribution is 5.90. The number of carbonyl (C=O) groups is 1. The van der Waals surface area contributed by atoms with E-state index in [2.05, 4.69) is 5.48 Å². The van der Waals surface area contributed by atoms with Gasteiger partial charge in [0, 0.05) is 18.7 Å². The van der Waals surface area contributed by atoms with Crippen molar-refractivity contribution in [3.05, 3.63) is 41.7 Å². The van der Waals surface area contributed by atoms with Gasteiger partial charge in [-0.15, -0.1) is 0 Å². The van der Waals surface area contributed by atoms with E-state index in [1.807, 2.05) is 0 Å². The third kappa shape index (κ3) is 5.24. The Bertz CT molecular complexity index is 393. The fourth-order valence-electron chi connectivity index (χ4n) is 1.06. The second-order valence-corrected chi connectivity index (χ2v) is 3.16. The number of halogens is 1. The lowest BCUT2D eigenvalue weighted by Crippen LogP contribution is -2.23. The molecule has 0 aliphatic heterocycles. The smallest absolute Gasteiger partial charge is 0.267 e. The van der Waals surface area contributed by atoms with Gasteiger partial charge in [0.05, 0.1) is 13.2 Å². The van der Waals surface area contributed by atoms with Crippen LogP contribution >= 0.6 is 0 Å². The number of amides is 1. The Labute approximate surface area is 99.0 Å². The largest absolute Gasteiger partial charge is 0.382 e. The lowest BCUT2D eigenvalue weighted by atomic mass is 10.2. The Balaban J connectivity index is 2.38. The van der Waals surface area contributed by atoms with Gasteiger partial charge >= 0.3 is 0 Å². The molecular weight excluding hydrogens is 225 g/mol. The average molecular weight is 239 g/mol. The second kappa shape index (κ2) is 7.54. The monoisotopic (exact) mass is 239 g/mol. The lowest BCUT2D eigenvalue weighted by Gasteiger charge is -2.02. The van der Waals surface area contributed by atoms with Crippen molar-refractivity contribution in [3.8, 4) is 0 Å². The predicted octanol–water partition coefficient (Wildman–Crippen LogP) is 1.53. The van der Waals surface area contributed by atoms with E-state index in [4.69, 9.17) is 9.57 Å². The number of hydroxylamine groups is 1. The van der Waals surface area contributed by atoms with Crippen molar-refractivity contribution in [2.75, 3.05) is 20.3 Å². The van der Waals surface area contributed by atoms with Gasteiger partial charge in [-0.1, -0.05) is 18.2 Å². The van der Waals surface area contributed by atoms with Crippen LogP contribution in [-0.4, -0.2) is 26.2 Å². The Morgan fingerprint density at radius 2 is 2.18 bits per heavy atom. The molecule has 1 aromatic rings. The first-order valence-corrected chi connectivity index (χ1v) is 5.07. The maximum Gasteiger partial charge on any atom is 0.267 e. The van der Waals surface area contributed by atoms with Crippen LogP contribution in [0.5, 0.6) is 0 Å². The van der Waals surface area contributed by atoms with Crippen molar-refractivity contribution >= 4 is 12.0 Å². The van der Waals surface area contributed by atoms with Crippen LogP contribution in [0.4, 0.5) is 4.39 Å². The maximum absolute atomic E-state index is 13.2. The molecule has 4 nitrogen and oxygen atoms in total. The molecule has 0 radical (unpaired) electrons. The molecule has 0 unspecified atom stereocenters. The summed E-state index contributed by atoms with van der Waals surface area (Å²) in [7, 11) is 1.53. The van der Waals surface area contributed by atoms with Gasteiger partial charge in [-0.05, 0) is 12.1 Å². The van der Waals surface area contributed by atoms with E-state index in [9.17, 15) is 9.18 Å². The van der Waals surface area contributed by atoms with Crippen LogP contribution in [0, 0.1) is 5.82 Å². The summed E-state index contributed by atoms with van der Waals surface area (Å²) in [5, 5.41) is 0. The van der Waals surface area contributed by atoms with Gasteiger partial charge in [-0.3, -0.25) is 9.63 Å². The summed E-state index contributed by atoms with van der Waals surface area (Å²) in [5.74, 6) is -0.832. The van der Waals surface area contributed by atoms with Crippen molar-refractivity contribution in [1.29, 1.82) is 0 Å². The highest BCUT2D eigenvalue weighted by Gasteiger charge is 1.98. The number of rotatable bonds is 6. The quantitative estimate of drug-likeness (QED) is 0.465. The summed E-state index contributed by atoms with van der Waals surface area (Å²) >= 11 is 0. The van der Waals surface area contributed by atoms with E-state index in [0.29, 0.717) is 12.2 Å². The van der Waals surface area contributed by atoms with Crippen LogP contribution < -0.4 is 5.48 Å². The normalized spacial score (nSPS) is 10.7. The molecule has 0 atom stereocenters. The minimum absolute atomic E-state index is 0.260. The van der Waals surface area contributed by atoms with Crippen LogP contribution in [0.3, 0.4) is 0 Å². The third-order valence-corrected chi connectivity index (χ3v) is 1.88. The molecule has 0 heterocycles. The molecule has 1 N–H and O–H groups in total. The van der Waals surface area contributed by atoms with Crippen LogP contribution in [0.2, 0.25) is 0 Å². The van der Waals surface area contributed by atoms with Crippen molar-refractivity contribution in [1.82, 2.24) is 5.48 Å². The van der Waals surface area contributed by atoms with Gasteiger partial charge in [0.2, 0.25) is 0 Å². The van der Waals surface area contributed by atoms with Crippen LogP contribution in [0.25, 0.3) is 6.08 Å². The van der Waals surface area contributed by atoms with Gasteiger partial charge < -0.3 is 4.74 Å². The van der Waals surface area contributed by atoms with Crippen LogP contribution in [0.1, 0.15) is 5.56 Å². The lowest BCUT2D eigenvalue weighted by molar-refractivity contribution is -0.129. The zero-order valence-corrected chi connectivity index (χ0v) is 9.48. The fourth-order valence-corrected chi connectivity index (χ4v) is 1.06. The number of hydrogen-bond donors (Lipinski definition) is 1. The molecule has 1 rings (SSSR count). The van der Waals surface area contributed by atoms with E-state index >= 15 is 0 Å². The Kier molecular flexibility index (Phi) is 5.92. The first-order chi connectivity index (χ1) is 8.24. The van der Waals surface area contributed by atoms with Gasteiger partial charge in [0.1, 0.15) is 5.82 Å². The van der Waals surface area contributed by atoms with E-state index in [0.717, 1.165) is 0 Å². The Morgan fingerprint density at radius 1 is 1.41 bits per heavy atom. The van der Waals surface area contributed by atoms with Crippen molar-refractivity contribution in [3.63, 3.8) is 0 Å². The summed E-state index contributed by atoms with van der Waals surface area (Å²) in [4.78, 5) is 16.0. The van der Waals surface area contributed by atoms with E-state index in [1.54, 1.807) is 18.2 Å². The molecule has 5 heteroatoms. The van der Waals surface area contributed by atoms with Crippen molar-refractivity contribution in [2.45, 2.75) is 0 Å². The fraction of sp³-hybridized carbons (Fsp3) is 0.250. The summed E-state index contributed by atoms with van der Waals surface area (Å²) in [5.41, 5.74) is 2.53. The summed E-state index contributed by atoms with van der Waals surface area (Å²) in [6, 6.07) is 6.17. The molecular formula is C12H14FNO3. The molecule has 1 aromatic carbocycles. The number of ether oxygens (including phenoxy) is 1. The van der Waals surface area contributed by atoms with Gasteiger partial charge in [0.15, 0.2) is 0 Å². The summed E-state index contributed by atoms with van der Waals surface area (Å²) < 4.78 is 17.9. The summed E-state index contributed by atoms with van der Waals surface area (Å²) in [6.45, 7) is 0.646. The molecule has 0 bridgehead atoms. The summed E-state index contributed by atoms with van der Waals surface area (Å²) in [6.07, 6.45) is 2.58.